The molecule has 1 aromatic heterocycles. The van der Waals surface area contributed by atoms with E-state index in [4.69, 9.17) is 11.6 Å². The zero-order valence-electron chi connectivity index (χ0n) is 12.3. The largest absolute Gasteiger partial charge is 0.361 e. The topological polar surface area (TPSA) is 44.9 Å². The van der Waals surface area contributed by atoms with E-state index in [1.807, 2.05) is 49.5 Å². The van der Waals surface area contributed by atoms with E-state index in [9.17, 15) is 4.79 Å². The highest BCUT2D eigenvalue weighted by atomic mass is 35.5. The molecule has 2 aromatic carbocycles. The maximum absolute atomic E-state index is 12.1. The van der Waals surface area contributed by atoms with Crippen molar-refractivity contribution in [3.05, 3.63) is 64.8 Å². The van der Waals surface area contributed by atoms with Gasteiger partial charge in [-0.3, -0.25) is 4.79 Å². The Kier molecular flexibility index (Phi) is 4.16. The summed E-state index contributed by atoms with van der Waals surface area (Å²) in [5.41, 5.74) is 3.98. The molecule has 0 radical (unpaired) electrons. The number of para-hydroxylation sites is 1. The van der Waals surface area contributed by atoms with E-state index < -0.39 is 0 Å². The van der Waals surface area contributed by atoms with Crippen LogP contribution in [0.5, 0.6) is 0 Å². The molecule has 3 nitrogen and oxygen atoms in total. The van der Waals surface area contributed by atoms with E-state index in [0.717, 1.165) is 16.6 Å². The molecular formula is C18H17ClN2O. The van der Waals surface area contributed by atoms with Gasteiger partial charge in [0.15, 0.2) is 0 Å². The number of hydrogen-bond donors (Lipinski definition) is 2. The minimum atomic E-state index is -0.0314. The predicted molar refractivity (Wildman–Crippen MR) is 91.4 cm³/mol. The van der Waals surface area contributed by atoms with Gasteiger partial charge in [-0.25, -0.2) is 0 Å². The summed E-state index contributed by atoms with van der Waals surface area (Å²) in [6.45, 7) is 1.97. The molecule has 3 aromatic rings. The number of amides is 1. The van der Waals surface area contributed by atoms with Crippen molar-refractivity contribution in [1.82, 2.24) is 4.98 Å². The van der Waals surface area contributed by atoms with Crippen molar-refractivity contribution in [3.8, 4) is 0 Å². The zero-order valence-corrected chi connectivity index (χ0v) is 13.1. The molecule has 2 N–H and O–H groups in total. The molecular weight excluding hydrogens is 296 g/mol. The van der Waals surface area contributed by atoms with E-state index in [0.29, 0.717) is 23.6 Å². The molecule has 1 heterocycles. The zero-order chi connectivity index (χ0) is 15.5. The first kappa shape index (κ1) is 14.7. The number of rotatable bonds is 4. The van der Waals surface area contributed by atoms with Crippen molar-refractivity contribution in [2.45, 2.75) is 19.8 Å². The lowest BCUT2D eigenvalue weighted by Crippen LogP contribution is -2.12. The molecule has 0 spiro atoms. The van der Waals surface area contributed by atoms with Crippen molar-refractivity contribution in [1.29, 1.82) is 0 Å². The highest BCUT2D eigenvalue weighted by molar-refractivity contribution is 6.33. The third kappa shape index (κ3) is 3.15. The third-order valence-electron chi connectivity index (χ3n) is 3.69. The highest BCUT2D eigenvalue weighted by Gasteiger charge is 2.08. The number of nitrogens with one attached hydrogen (secondary N) is 2. The van der Waals surface area contributed by atoms with Gasteiger partial charge in [0.25, 0.3) is 0 Å². The van der Waals surface area contributed by atoms with Crippen molar-refractivity contribution in [3.63, 3.8) is 0 Å². The number of anilines is 1. The summed E-state index contributed by atoms with van der Waals surface area (Å²) in [5.74, 6) is -0.0314. The van der Waals surface area contributed by atoms with Crippen LogP contribution in [0.1, 0.15) is 17.5 Å². The first-order chi connectivity index (χ1) is 10.6. The minimum Gasteiger partial charge on any atom is -0.361 e. The summed E-state index contributed by atoms with van der Waals surface area (Å²) in [6, 6.07) is 13.7. The van der Waals surface area contributed by atoms with Gasteiger partial charge in [-0.15, -0.1) is 0 Å². The van der Waals surface area contributed by atoms with Gasteiger partial charge in [0.1, 0.15) is 0 Å². The number of H-pyrrole nitrogens is 1. The molecule has 0 aliphatic carbocycles. The van der Waals surface area contributed by atoms with Gasteiger partial charge in [-0.1, -0.05) is 35.9 Å². The summed E-state index contributed by atoms with van der Waals surface area (Å²) in [4.78, 5) is 15.3. The molecule has 1 amide bonds. The normalized spacial score (nSPS) is 10.8. The van der Waals surface area contributed by atoms with Gasteiger partial charge in [0, 0.05) is 23.5 Å². The van der Waals surface area contributed by atoms with E-state index in [-0.39, 0.29) is 5.91 Å². The van der Waals surface area contributed by atoms with Crippen LogP contribution in [0.4, 0.5) is 5.69 Å². The molecule has 4 heteroatoms. The Bertz CT molecular complexity index is 823. The first-order valence-electron chi connectivity index (χ1n) is 7.24. The Balaban J connectivity index is 1.65. The summed E-state index contributed by atoms with van der Waals surface area (Å²) < 4.78 is 0. The molecule has 0 saturated carbocycles. The first-order valence-corrected chi connectivity index (χ1v) is 7.62. The van der Waals surface area contributed by atoms with Crippen LogP contribution in [-0.2, 0) is 11.2 Å². The number of benzene rings is 2. The third-order valence-corrected chi connectivity index (χ3v) is 4.01. The number of aromatic nitrogens is 1. The van der Waals surface area contributed by atoms with Gasteiger partial charge >= 0.3 is 0 Å². The van der Waals surface area contributed by atoms with Crippen LogP contribution in [0, 0.1) is 6.92 Å². The molecule has 0 saturated heterocycles. The average Bonchev–Trinajstić information content (AvgIpc) is 2.91. The number of carbonyl (C=O) groups is 1. The minimum absolute atomic E-state index is 0.0314. The van der Waals surface area contributed by atoms with Gasteiger partial charge in [-0.05, 0) is 42.7 Å². The molecule has 0 atom stereocenters. The lowest BCUT2D eigenvalue weighted by Gasteiger charge is -2.07. The van der Waals surface area contributed by atoms with E-state index in [1.54, 1.807) is 0 Å². The molecule has 22 heavy (non-hydrogen) atoms. The molecule has 3 rings (SSSR count). The van der Waals surface area contributed by atoms with Crippen LogP contribution in [0.2, 0.25) is 5.02 Å². The Morgan fingerprint density at radius 2 is 2.05 bits per heavy atom. The van der Waals surface area contributed by atoms with Gasteiger partial charge in [-0.2, -0.15) is 0 Å². The quantitative estimate of drug-likeness (QED) is 0.720. The Morgan fingerprint density at radius 3 is 2.86 bits per heavy atom. The number of aromatic amines is 1. The standard InChI is InChI=1S/C18H17ClN2O/c1-12-6-8-17(15(19)10-12)21-18(22)9-7-13-11-20-16-5-3-2-4-14(13)16/h2-6,8,10-11,20H,7,9H2,1H3,(H,21,22). The van der Waals surface area contributed by atoms with Gasteiger partial charge < -0.3 is 10.3 Å². The Hall–Kier alpha value is -2.26. The van der Waals surface area contributed by atoms with E-state index >= 15 is 0 Å². The maximum atomic E-state index is 12.1. The second-order valence-electron chi connectivity index (χ2n) is 5.39. The SMILES string of the molecule is Cc1ccc(NC(=O)CCc2c[nH]c3ccccc23)c(Cl)c1. The van der Waals surface area contributed by atoms with Crippen molar-refractivity contribution in [2.75, 3.05) is 5.32 Å². The van der Waals surface area contributed by atoms with Crippen molar-refractivity contribution in [2.24, 2.45) is 0 Å². The fourth-order valence-electron chi connectivity index (χ4n) is 2.52. The van der Waals surface area contributed by atoms with Crippen LogP contribution in [-0.4, -0.2) is 10.9 Å². The second kappa shape index (κ2) is 6.24. The lowest BCUT2D eigenvalue weighted by molar-refractivity contribution is -0.116. The fourth-order valence-corrected chi connectivity index (χ4v) is 2.80. The van der Waals surface area contributed by atoms with Crippen molar-refractivity contribution >= 4 is 34.1 Å². The predicted octanol–water partition coefficient (Wildman–Crippen LogP) is 4.70. The van der Waals surface area contributed by atoms with Crippen LogP contribution < -0.4 is 5.32 Å². The Morgan fingerprint density at radius 1 is 1.23 bits per heavy atom. The second-order valence-corrected chi connectivity index (χ2v) is 5.80. The smallest absolute Gasteiger partial charge is 0.224 e. The lowest BCUT2D eigenvalue weighted by atomic mass is 10.1. The van der Waals surface area contributed by atoms with Crippen LogP contribution >= 0.6 is 11.6 Å². The molecule has 112 valence electrons. The molecule has 0 fully saturated rings. The monoisotopic (exact) mass is 312 g/mol. The van der Waals surface area contributed by atoms with Crippen LogP contribution in [0.25, 0.3) is 10.9 Å². The number of aryl methyl sites for hydroxylation is 2. The Labute approximate surface area is 134 Å². The van der Waals surface area contributed by atoms with Crippen LogP contribution in [0.15, 0.2) is 48.7 Å². The highest BCUT2D eigenvalue weighted by Crippen LogP contribution is 2.23. The molecule has 0 bridgehead atoms. The van der Waals surface area contributed by atoms with E-state index in [1.165, 1.54) is 5.39 Å². The summed E-state index contributed by atoms with van der Waals surface area (Å²) in [5, 5.41) is 4.61. The molecule has 0 aliphatic heterocycles. The number of hydrogen-bond acceptors (Lipinski definition) is 1. The number of fused-ring (bicyclic) bond motifs is 1. The van der Waals surface area contributed by atoms with Crippen molar-refractivity contribution < 1.29 is 4.79 Å². The van der Waals surface area contributed by atoms with Gasteiger partial charge in [0.2, 0.25) is 5.91 Å². The molecule has 0 unspecified atom stereocenters. The van der Waals surface area contributed by atoms with Gasteiger partial charge in [0.05, 0.1) is 10.7 Å². The summed E-state index contributed by atoms with van der Waals surface area (Å²) in [6.07, 6.45) is 3.09. The fraction of sp³-hybridized carbons (Fsp3) is 0.167. The van der Waals surface area contributed by atoms with Crippen LogP contribution in [0.3, 0.4) is 0 Å². The summed E-state index contributed by atoms with van der Waals surface area (Å²) in [7, 11) is 0. The molecule has 0 aliphatic rings. The van der Waals surface area contributed by atoms with E-state index in [2.05, 4.69) is 16.4 Å². The maximum Gasteiger partial charge on any atom is 0.224 e. The average molecular weight is 313 g/mol. The summed E-state index contributed by atoms with van der Waals surface area (Å²) >= 11 is 6.13. The number of carbonyl (C=O) groups excluding carboxylic acids is 1. The number of halogens is 1.